The molecular weight excluding hydrogens is 394 g/mol. The molecule has 1 fully saturated rings. The first-order valence-electron chi connectivity index (χ1n) is 9.37. The molecule has 2 aromatic rings. The minimum absolute atomic E-state index is 0.0933. The maximum Gasteiger partial charge on any atom is 0.324 e. The number of benzene rings is 2. The Labute approximate surface area is 171 Å². The van der Waals surface area contributed by atoms with Crippen LogP contribution in [-0.4, -0.2) is 47.9 Å². The summed E-state index contributed by atoms with van der Waals surface area (Å²) < 4.78 is 43.6. The topological polar surface area (TPSA) is 90.9 Å². The Kier molecular flexibility index (Phi) is 6.89. The Balaban J connectivity index is 1.79. The lowest BCUT2D eigenvalue weighted by Crippen LogP contribution is -2.48. The summed E-state index contributed by atoms with van der Waals surface area (Å²) in [7, 11) is -1.03. The van der Waals surface area contributed by atoms with Gasteiger partial charge in [-0.05, 0) is 54.2 Å². The average molecular weight is 419 g/mol. The number of nitrogens with one attached hydrogen (secondary N) is 1. The molecular formula is C21H25NO6S. The fourth-order valence-corrected chi connectivity index (χ4v) is 4.61. The highest BCUT2D eigenvalue weighted by Gasteiger charge is 2.34. The molecule has 0 radical (unpaired) electrons. The average Bonchev–Trinajstić information content (AvgIpc) is 2.77. The molecule has 1 heterocycles. The molecule has 156 valence electrons. The third-order valence-corrected chi connectivity index (χ3v) is 6.52. The van der Waals surface area contributed by atoms with Crippen molar-refractivity contribution < 1.29 is 27.4 Å². The van der Waals surface area contributed by atoms with Crippen LogP contribution < -0.4 is 9.46 Å². The fraction of sp³-hybridized carbons (Fsp3) is 0.381. The van der Waals surface area contributed by atoms with Crippen molar-refractivity contribution in [3.8, 4) is 16.9 Å². The van der Waals surface area contributed by atoms with Gasteiger partial charge in [-0.3, -0.25) is 4.79 Å². The molecule has 0 aliphatic carbocycles. The number of hydrogen-bond donors (Lipinski definition) is 1. The first-order chi connectivity index (χ1) is 13.9. The van der Waals surface area contributed by atoms with Crippen molar-refractivity contribution in [1.82, 2.24) is 4.72 Å². The van der Waals surface area contributed by atoms with E-state index < -0.39 is 22.0 Å². The molecule has 1 N–H and O–H groups in total. The Morgan fingerprint density at radius 1 is 1.00 bits per heavy atom. The molecule has 0 amide bonds. The van der Waals surface area contributed by atoms with Crippen molar-refractivity contribution in [3.63, 3.8) is 0 Å². The van der Waals surface area contributed by atoms with Gasteiger partial charge in [0.1, 0.15) is 11.8 Å². The van der Waals surface area contributed by atoms with Gasteiger partial charge in [-0.1, -0.05) is 24.3 Å². The molecule has 0 aromatic heterocycles. The van der Waals surface area contributed by atoms with Crippen LogP contribution in [0.15, 0.2) is 53.4 Å². The lowest BCUT2D eigenvalue weighted by molar-refractivity contribution is -0.145. The SMILES string of the molecule is COC(=O)C(NS(=O)(=O)c1ccc(-c2ccc(OC)cc2)cc1)C1CCOCC1. The van der Waals surface area contributed by atoms with Crippen molar-refractivity contribution in [3.05, 3.63) is 48.5 Å². The number of hydrogen-bond acceptors (Lipinski definition) is 6. The summed E-state index contributed by atoms with van der Waals surface area (Å²) in [6.45, 7) is 0.993. The zero-order valence-electron chi connectivity index (χ0n) is 16.5. The van der Waals surface area contributed by atoms with E-state index in [1.165, 1.54) is 19.2 Å². The monoisotopic (exact) mass is 419 g/mol. The molecule has 1 atom stereocenters. The van der Waals surface area contributed by atoms with E-state index in [4.69, 9.17) is 14.2 Å². The standard InChI is InChI=1S/C21H25NO6S/c1-26-18-7-3-15(4-8-18)16-5-9-19(10-6-16)29(24,25)22-20(21(23)27-2)17-11-13-28-14-12-17/h3-10,17,20,22H,11-14H2,1-2H3. The third-order valence-electron chi connectivity index (χ3n) is 5.06. The van der Waals surface area contributed by atoms with Gasteiger partial charge in [0.15, 0.2) is 0 Å². The number of carbonyl (C=O) groups excluding carboxylic acids is 1. The van der Waals surface area contributed by atoms with Crippen LogP contribution in [-0.2, 0) is 24.3 Å². The maximum atomic E-state index is 12.9. The van der Waals surface area contributed by atoms with Gasteiger partial charge in [0.25, 0.3) is 0 Å². The molecule has 0 bridgehead atoms. The van der Waals surface area contributed by atoms with Crippen LogP contribution in [0.25, 0.3) is 11.1 Å². The first kappa shape index (κ1) is 21.3. The Hall–Kier alpha value is -2.42. The van der Waals surface area contributed by atoms with Crippen LogP contribution in [0.1, 0.15) is 12.8 Å². The highest BCUT2D eigenvalue weighted by molar-refractivity contribution is 7.89. The molecule has 0 saturated carbocycles. The van der Waals surface area contributed by atoms with Crippen molar-refractivity contribution in [2.45, 2.75) is 23.8 Å². The number of esters is 1. The fourth-order valence-electron chi connectivity index (χ4n) is 3.36. The largest absolute Gasteiger partial charge is 0.497 e. The van der Waals surface area contributed by atoms with E-state index in [1.807, 2.05) is 24.3 Å². The lowest BCUT2D eigenvalue weighted by atomic mass is 9.92. The lowest BCUT2D eigenvalue weighted by Gasteiger charge is -2.28. The zero-order chi connectivity index (χ0) is 20.9. The van der Waals surface area contributed by atoms with Crippen molar-refractivity contribution in [2.75, 3.05) is 27.4 Å². The zero-order valence-corrected chi connectivity index (χ0v) is 17.3. The summed E-state index contributed by atoms with van der Waals surface area (Å²) in [5.41, 5.74) is 1.82. The molecule has 0 spiro atoms. The number of carbonyl (C=O) groups is 1. The smallest absolute Gasteiger partial charge is 0.324 e. The van der Waals surface area contributed by atoms with Gasteiger partial charge in [-0.2, -0.15) is 4.72 Å². The summed E-state index contributed by atoms with van der Waals surface area (Å²) in [6, 6.07) is 13.1. The molecule has 29 heavy (non-hydrogen) atoms. The van der Waals surface area contributed by atoms with E-state index in [0.717, 1.165) is 16.9 Å². The third kappa shape index (κ3) is 5.14. The molecule has 7 nitrogen and oxygen atoms in total. The molecule has 1 aliphatic heterocycles. The summed E-state index contributed by atoms with van der Waals surface area (Å²) in [4.78, 5) is 12.3. The van der Waals surface area contributed by atoms with E-state index in [-0.39, 0.29) is 10.8 Å². The van der Waals surface area contributed by atoms with E-state index in [0.29, 0.717) is 26.1 Å². The highest BCUT2D eigenvalue weighted by atomic mass is 32.2. The van der Waals surface area contributed by atoms with Crippen LogP contribution in [0.2, 0.25) is 0 Å². The summed E-state index contributed by atoms with van der Waals surface area (Å²) in [5.74, 6) is -0.000937. The van der Waals surface area contributed by atoms with Gasteiger partial charge >= 0.3 is 5.97 Å². The Bertz CT molecular complexity index is 919. The maximum absolute atomic E-state index is 12.9. The second kappa shape index (κ2) is 9.39. The molecule has 1 aliphatic rings. The molecule has 3 rings (SSSR count). The van der Waals surface area contributed by atoms with Crippen LogP contribution in [0.3, 0.4) is 0 Å². The minimum atomic E-state index is -3.89. The molecule has 2 aromatic carbocycles. The Morgan fingerprint density at radius 2 is 1.55 bits per heavy atom. The van der Waals surface area contributed by atoms with Crippen molar-refractivity contribution in [2.24, 2.45) is 5.92 Å². The highest BCUT2D eigenvalue weighted by Crippen LogP contribution is 2.25. The van der Waals surface area contributed by atoms with Gasteiger partial charge < -0.3 is 14.2 Å². The van der Waals surface area contributed by atoms with Gasteiger partial charge in [0, 0.05) is 13.2 Å². The number of rotatable bonds is 7. The van der Waals surface area contributed by atoms with Gasteiger partial charge in [0.2, 0.25) is 10.0 Å². The van der Waals surface area contributed by atoms with Crippen LogP contribution in [0.4, 0.5) is 0 Å². The van der Waals surface area contributed by atoms with Crippen LogP contribution >= 0.6 is 0 Å². The van der Waals surface area contributed by atoms with Gasteiger partial charge in [-0.15, -0.1) is 0 Å². The van der Waals surface area contributed by atoms with Crippen molar-refractivity contribution >= 4 is 16.0 Å². The second-order valence-corrected chi connectivity index (χ2v) is 8.54. The summed E-state index contributed by atoms with van der Waals surface area (Å²) in [5, 5.41) is 0. The quantitative estimate of drug-likeness (QED) is 0.694. The van der Waals surface area contributed by atoms with E-state index in [2.05, 4.69) is 4.72 Å². The second-order valence-electron chi connectivity index (χ2n) is 6.82. The van der Waals surface area contributed by atoms with E-state index in [1.54, 1.807) is 19.2 Å². The number of sulfonamides is 1. The first-order valence-corrected chi connectivity index (χ1v) is 10.9. The van der Waals surface area contributed by atoms with Crippen molar-refractivity contribution in [1.29, 1.82) is 0 Å². The summed E-state index contributed by atoms with van der Waals surface area (Å²) in [6.07, 6.45) is 1.19. The number of ether oxygens (including phenoxy) is 3. The predicted octanol–water partition coefficient (Wildman–Crippen LogP) is 2.61. The molecule has 1 unspecified atom stereocenters. The predicted molar refractivity (Wildman–Crippen MR) is 108 cm³/mol. The normalized spacial score (nSPS) is 16.2. The summed E-state index contributed by atoms with van der Waals surface area (Å²) >= 11 is 0. The molecule has 8 heteroatoms. The van der Waals surface area contributed by atoms with E-state index in [9.17, 15) is 13.2 Å². The van der Waals surface area contributed by atoms with E-state index >= 15 is 0 Å². The van der Waals surface area contributed by atoms with Gasteiger partial charge in [0.05, 0.1) is 19.1 Å². The van der Waals surface area contributed by atoms with Crippen LogP contribution in [0, 0.1) is 5.92 Å². The minimum Gasteiger partial charge on any atom is -0.497 e. The van der Waals surface area contributed by atoms with Crippen LogP contribution in [0.5, 0.6) is 5.75 Å². The Morgan fingerprint density at radius 3 is 2.07 bits per heavy atom. The number of methoxy groups -OCH3 is 2. The molecule has 1 saturated heterocycles. The van der Waals surface area contributed by atoms with Gasteiger partial charge in [-0.25, -0.2) is 8.42 Å².